The van der Waals surface area contributed by atoms with E-state index in [0.29, 0.717) is 5.88 Å². The van der Waals surface area contributed by atoms with Gasteiger partial charge >= 0.3 is 0 Å². The van der Waals surface area contributed by atoms with Crippen LogP contribution in [-0.4, -0.2) is 22.3 Å². The molecule has 0 aliphatic heterocycles. The second kappa shape index (κ2) is 5.00. The Morgan fingerprint density at radius 1 is 1.47 bits per heavy atom. The molecule has 3 nitrogen and oxygen atoms in total. The number of nitrogens with zero attached hydrogens (tertiary/aromatic N) is 1. The smallest absolute Gasteiger partial charge is 0.253 e. The van der Waals surface area contributed by atoms with Crippen molar-refractivity contribution in [3.8, 4) is 0 Å². The molecule has 2 rings (SSSR count). The van der Waals surface area contributed by atoms with Crippen molar-refractivity contribution in [1.82, 2.24) is 10.3 Å². The van der Waals surface area contributed by atoms with E-state index in [0.717, 1.165) is 31.9 Å². The van der Waals surface area contributed by atoms with Crippen molar-refractivity contribution in [2.45, 2.75) is 31.2 Å². The molecule has 1 aromatic rings. The summed E-state index contributed by atoms with van der Waals surface area (Å²) in [5.41, 5.74) is -0.0910. The van der Waals surface area contributed by atoms with E-state index >= 15 is 0 Å². The van der Waals surface area contributed by atoms with Gasteiger partial charge in [0, 0.05) is 12.1 Å². The SMILES string of the molecule is O=C(NC1(CCl)CCCC1)c1cncc(F)c1. The van der Waals surface area contributed by atoms with Gasteiger partial charge < -0.3 is 5.32 Å². The lowest BCUT2D eigenvalue weighted by atomic mass is 10.00. The standard InChI is InChI=1S/C12H14ClFN2O/c13-8-12(3-1-2-4-12)16-11(17)9-5-10(14)7-15-6-9/h5-7H,1-4,8H2,(H,16,17). The number of nitrogens with one attached hydrogen (secondary N) is 1. The molecule has 92 valence electrons. The first-order valence-corrected chi connectivity index (χ1v) is 6.18. The van der Waals surface area contributed by atoms with Crippen LogP contribution in [0.15, 0.2) is 18.5 Å². The molecule has 1 aliphatic rings. The number of aromatic nitrogens is 1. The molecule has 0 bridgehead atoms. The average molecular weight is 257 g/mol. The molecule has 1 amide bonds. The third-order valence-corrected chi connectivity index (χ3v) is 3.67. The molecule has 1 aromatic heterocycles. The first-order valence-electron chi connectivity index (χ1n) is 5.64. The number of pyridine rings is 1. The Kier molecular flexibility index (Phi) is 3.62. The third kappa shape index (κ3) is 2.75. The normalized spacial score (nSPS) is 18.0. The van der Waals surface area contributed by atoms with Gasteiger partial charge in [-0.2, -0.15) is 0 Å². The number of halogens is 2. The minimum atomic E-state index is -0.510. The maximum absolute atomic E-state index is 12.9. The van der Waals surface area contributed by atoms with Crippen molar-refractivity contribution in [2.75, 3.05) is 5.88 Å². The Balaban J connectivity index is 2.11. The van der Waals surface area contributed by atoms with E-state index < -0.39 is 5.82 Å². The second-order valence-corrected chi connectivity index (χ2v) is 4.73. The lowest BCUT2D eigenvalue weighted by Crippen LogP contribution is -2.47. The fourth-order valence-corrected chi connectivity index (χ4v) is 2.53. The maximum atomic E-state index is 12.9. The van der Waals surface area contributed by atoms with E-state index in [4.69, 9.17) is 11.6 Å². The van der Waals surface area contributed by atoms with Crippen LogP contribution >= 0.6 is 11.6 Å². The van der Waals surface area contributed by atoms with Gasteiger partial charge in [0.2, 0.25) is 0 Å². The Morgan fingerprint density at radius 3 is 2.76 bits per heavy atom. The van der Waals surface area contributed by atoms with Gasteiger partial charge in [-0.1, -0.05) is 12.8 Å². The number of amides is 1. The average Bonchev–Trinajstić information content (AvgIpc) is 2.78. The second-order valence-electron chi connectivity index (χ2n) is 4.47. The van der Waals surface area contributed by atoms with Crippen molar-refractivity contribution in [1.29, 1.82) is 0 Å². The van der Waals surface area contributed by atoms with E-state index in [2.05, 4.69) is 10.3 Å². The number of carbonyl (C=O) groups excluding carboxylic acids is 1. The molecule has 1 aliphatic carbocycles. The Bertz CT molecular complexity index is 419. The summed E-state index contributed by atoms with van der Waals surface area (Å²) < 4.78 is 12.9. The molecule has 0 unspecified atom stereocenters. The predicted octanol–water partition coefficient (Wildman–Crippen LogP) is 2.50. The van der Waals surface area contributed by atoms with Gasteiger partial charge in [0.1, 0.15) is 5.82 Å². The van der Waals surface area contributed by atoms with Crippen LogP contribution in [0.5, 0.6) is 0 Å². The topological polar surface area (TPSA) is 42.0 Å². The van der Waals surface area contributed by atoms with E-state index in [-0.39, 0.29) is 17.0 Å². The van der Waals surface area contributed by atoms with Crippen LogP contribution < -0.4 is 5.32 Å². The van der Waals surface area contributed by atoms with Gasteiger partial charge in [-0.25, -0.2) is 4.39 Å². The first-order chi connectivity index (χ1) is 8.15. The zero-order chi connectivity index (χ0) is 12.3. The third-order valence-electron chi connectivity index (χ3n) is 3.16. The molecular weight excluding hydrogens is 243 g/mol. The molecule has 5 heteroatoms. The lowest BCUT2D eigenvalue weighted by Gasteiger charge is -2.27. The van der Waals surface area contributed by atoms with Gasteiger partial charge in [-0.3, -0.25) is 9.78 Å². The molecular formula is C12H14ClFN2O. The van der Waals surface area contributed by atoms with Gasteiger partial charge in [-0.05, 0) is 18.9 Å². The lowest BCUT2D eigenvalue weighted by molar-refractivity contribution is 0.0908. The van der Waals surface area contributed by atoms with Gasteiger partial charge in [0.05, 0.1) is 17.3 Å². The molecule has 1 N–H and O–H groups in total. The van der Waals surface area contributed by atoms with Crippen LogP contribution in [0, 0.1) is 5.82 Å². The van der Waals surface area contributed by atoms with Crippen LogP contribution in [0.2, 0.25) is 0 Å². The monoisotopic (exact) mass is 256 g/mol. The highest BCUT2D eigenvalue weighted by Gasteiger charge is 2.34. The number of carbonyl (C=O) groups is 1. The van der Waals surface area contributed by atoms with E-state index in [1.54, 1.807) is 0 Å². The van der Waals surface area contributed by atoms with Crippen LogP contribution in [0.4, 0.5) is 4.39 Å². The summed E-state index contributed by atoms with van der Waals surface area (Å²) in [6, 6.07) is 1.18. The summed E-state index contributed by atoms with van der Waals surface area (Å²) in [4.78, 5) is 15.6. The summed E-state index contributed by atoms with van der Waals surface area (Å²) in [7, 11) is 0. The highest BCUT2D eigenvalue weighted by atomic mass is 35.5. The van der Waals surface area contributed by atoms with Crippen molar-refractivity contribution >= 4 is 17.5 Å². The van der Waals surface area contributed by atoms with E-state index in [1.165, 1.54) is 12.3 Å². The Morgan fingerprint density at radius 2 is 2.18 bits per heavy atom. The van der Waals surface area contributed by atoms with Crippen molar-refractivity contribution < 1.29 is 9.18 Å². The summed E-state index contributed by atoms with van der Waals surface area (Å²) in [5, 5.41) is 2.91. The Hall–Kier alpha value is -1.16. The van der Waals surface area contributed by atoms with Crippen molar-refractivity contribution in [3.05, 3.63) is 29.8 Å². The minimum absolute atomic E-state index is 0.237. The zero-order valence-electron chi connectivity index (χ0n) is 9.38. The van der Waals surface area contributed by atoms with Crippen LogP contribution in [0.25, 0.3) is 0 Å². The minimum Gasteiger partial charge on any atom is -0.345 e. The molecule has 0 saturated heterocycles. The molecule has 1 fully saturated rings. The van der Waals surface area contributed by atoms with E-state index in [9.17, 15) is 9.18 Å². The van der Waals surface area contributed by atoms with Crippen molar-refractivity contribution in [2.24, 2.45) is 0 Å². The molecule has 0 radical (unpaired) electrons. The molecule has 0 atom stereocenters. The van der Waals surface area contributed by atoms with Gasteiger partial charge in [-0.15, -0.1) is 11.6 Å². The molecule has 0 aromatic carbocycles. The summed E-state index contributed by atoms with van der Waals surface area (Å²) >= 11 is 5.92. The van der Waals surface area contributed by atoms with Gasteiger partial charge in [0.15, 0.2) is 0 Å². The fourth-order valence-electron chi connectivity index (χ4n) is 2.19. The van der Waals surface area contributed by atoms with Crippen LogP contribution in [-0.2, 0) is 0 Å². The van der Waals surface area contributed by atoms with Gasteiger partial charge in [0.25, 0.3) is 5.91 Å². The number of rotatable bonds is 3. The highest BCUT2D eigenvalue weighted by Crippen LogP contribution is 2.30. The highest BCUT2D eigenvalue weighted by molar-refractivity contribution is 6.19. The summed E-state index contributed by atoms with van der Waals surface area (Å²) in [5.74, 6) is -0.426. The van der Waals surface area contributed by atoms with Crippen LogP contribution in [0.3, 0.4) is 0 Å². The first kappa shape index (κ1) is 12.3. The molecule has 1 saturated carbocycles. The summed E-state index contributed by atoms with van der Waals surface area (Å²) in [6.45, 7) is 0. The molecule has 1 heterocycles. The van der Waals surface area contributed by atoms with Crippen molar-refractivity contribution in [3.63, 3.8) is 0 Å². The van der Waals surface area contributed by atoms with Crippen LogP contribution in [0.1, 0.15) is 36.0 Å². The quantitative estimate of drug-likeness (QED) is 0.845. The fraction of sp³-hybridized carbons (Fsp3) is 0.500. The summed E-state index contributed by atoms with van der Waals surface area (Å²) in [6.07, 6.45) is 6.32. The Labute approximate surface area is 104 Å². The van der Waals surface area contributed by atoms with E-state index in [1.807, 2.05) is 0 Å². The molecule has 17 heavy (non-hydrogen) atoms. The number of alkyl halides is 1. The number of hydrogen-bond donors (Lipinski definition) is 1. The number of hydrogen-bond acceptors (Lipinski definition) is 2. The predicted molar refractivity (Wildman–Crippen MR) is 63.6 cm³/mol. The zero-order valence-corrected chi connectivity index (χ0v) is 10.1. The maximum Gasteiger partial charge on any atom is 0.253 e. The largest absolute Gasteiger partial charge is 0.345 e. The molecule has 0 spiro atoms.